The molecular formula is C29H39N7O. The van der Waals surface area contributed by atoms with Gasteiger partial charge in [-0.15, -0.1) is 5.53 Å². The van der Waals surface area contributed by atoms with Crippen molar-refractivity contribution >= 4 is 23.0 Å². The predicted molar refractivity (Wildman–Crippen MR) is 151 cm³/mol. The Balaban J connectivity index is 1.58. The Morgan fingerprint density at radius 2 is 1.86 bits per heavy atom. The average Bonchev–Trinajstić information content (AvgIpc) is 3.45. The standard InChI is InChI=1S/C29H39N7O/c1-18(2)30-15-21-11-22(13-23(12-21)29(5,6)7)28(37)32-24-10-9-19(3)27(14-24)36-17-26(33-34-36)25-16-31-35(8)20(25)4/h9-14,16-18,30,33-34H,15H2,1-8H3,(H,32,37). The number of anilines is 2. The molecule has 1 amide bonds. The van der Waals surface area contributed by atoms with Gasteiger partial charge in [-0.3, -0.25) is 14.5 Å². The van der Waals surface area contributed by atoms with E-state index in [1.165, 1.54) is 0 Å². The van der Waals surface area contributed by atoms with E-state index in [9.17, 15) is 4.79 Å². The lowest BCUT2D eigenvalue weighted by Crippen LogP contribution is -2.36. The van der Waals surface area contributed by atoms with E-state index in [1.807, 2.05) is 73.3 Å². The van der Waals surface area contributed by atoms with Gasteiger partial charge in [-0.2, -0.15) is 5.10 Å². The lowest BCUT2D eigenvalue weighted by atomic mass is 9.85. The fourth-order valence-corrected chi connectivity index (χ4v) is 4.17. The second-order valence-corrected chi connectivity index (χ2v) is 11.1. The van der Waals surface area contributed by atoms with Crippen LogP contribution in [0.4, 0.5) is 11.4 Å². The van der Waals surface area contributed by atoms with E-state index >= 15 is 0 Å². The molecule has 0 atom stereocenters. The minimum absolute atomic E-state index is 0.0645. The van der Waals surface area contributed by atoms with Crippen LogP contribution < -0.4 is 26.6 Å². The number of amides is 1. The summed E-state index contributed by atoms with van der Waals surface area (Å²) in [6.07, 6.45) is 3.85. The van der Waals surface area contributed by atoms with Crippen molar-refractivity contribution in [3.05, 3.63) is 82.3 Å². The third-order valence-electron chi connectivity index (χ3n) is 6.66. The van der Waals surface area contributed by atoms with Crippen molar-refractivity contribution in [2.75, 3.05) is 10.3 Å². The van der Waals surface area contributed by atoms with E-state index in [2.05, 4.69) is 67.4 Å². The third-order valence-corrected chi connectivity index (χ3v) is 6.66. The summed E-state index contributed by atoms with van der Waals surface area (Å²) in [4.78, 5) is 13.4. The van der Waals surface area contributed by atoms with Gasteiger partial charge in [-0.25, -0.2) is 0 Å². The summed E-state index contributed by atoms with van der Waals surface area (Å²) in [5.74, 6) is -0.124. The number of hydrogen-bond acceptors (Lipinski definition) is 6. The van der Waals surface area contributed by atoms with Crippen molar-refractivity contribution < 1.29 is 4.79 Å². The Morgan fingerprint density at radius 3 is 2.51 bits per heavy atom. The molecule has 0 saturated heterocycles. The third kappa shape index (κ3) is 6.03. The summed E-state index contributed by atoms with van der Waals surface area (Å²) in [5.41, 5.74) is 15.0. The number of rotatable bonds is 7. The molecule has 4 rings (SSSR count). The van der Waals surface area contributed by atoms with Crippen molar-refractivity contribution in [2.45, 2.75) is 66.5 Å². The number of carbonyl (C=O) groups excluding carboxylic acids is 1. The van der Waals surface area contributed by atoms with E-state index in [1.54, 1.807) is 0 Å². The number of hydrogen-bond donors (Lipinski definition) is 4. The highest BCUT2D eigenvalue weighted by Gasteiger charge is 2.21. The molecule has 0 unspecified atom stereocenters. The Hall–Kier alpha value is -3.62. The number of nitrogens with zero attached hydrogens (tertiary/aromatic N) is 3. The predicted octanol–water partition coefficient (Wildman–Crippen LogP) is 4.91. The Bertz CT molecular complexity index is 1330. The van der Waals surface area contributed by atoms with Crippen molar-refractivity contribution in [1.82, 2.24) is 26.1 Å². The maximum atomic E-state index is 13.4. The summed E-state index contributed by atoms with van der Waals surface area (Å²) < 4.78 is 1.85. The van der Waals surface area contributed by atoms with Crippen LogP contribution in [0.5, 0.6) is 0 Å². The number of benzene rings is 2. The number of nitrogens with one attached hydrogen (secondary N) is 4. The van der Waals surface area contributed by atoms with Crippen LogP contribution in [0.25, 0.3) is 5.70 Å². The van der Waals surface area contributed by atoms with E-state index in [0.29, 0.717) is 11.6 Å². The molecule has 37 heavy (non-hydrogen) atoms. The van der Waals surface area contributed by atoms with Gasteiger partial charge in [0.15, 0.2) is 0 Å². The quantitative estimate of drug-likeness (QED) is 0.368. The molecular weight excluding hydrogens is 462 g/mol. The van der Waals surface area contributed by atoms with Crippen LogP contribution in [0.1, 0.15) is 72.9 Å². The SMILES string of the molecule is Cc1ccc(NC(=O)c2cc(CNC(C)C)cc(C(C)(C)C)c2)cc1N1C=C(c2cnn(C)c2C)NN1. The van der Waals surface area contributed by atoms with Crippen LogP contribution >= 0.6 is 0 Å². The number of hydrazine groups is 2. The van der Waals surface area contributed by atoms with Gasteiger partial charge in [0.2, 0.25) is 0 Å². The molecule has 1 aliphatic rings. The molecule has 1 aromatic heterocycles. The number of carbonyl (C=O) groups is 1. The van der Waals surface area contributed by atoms with Crippen LogP contribution in [0, 0.1) is 13.8 Å². The minimum atomic E-state index is -0.124. The molecule has 8 nitrogen and oxygen atoms in total. The smallest absolute Gasteiger partial charge is 0.255 e. The van der Waals surface area contributed by atoms with E-state index in [0.717, 1.165) is 51.6 Å². The van der Waals surface area contributed by atoms with Crippen LogP contribution in [0.3, 0.4) is 0 Å². The van der Waals surface area contributed by atoms with Crippen molar-refractivity contribution in [2.24, 2.45) is 7.05 Å². The molecule has 0 bridgehead atoms. The first-order valence-corrected chi connectivity index (χ1v) is 12.7. The summed E-state index contributed by atoms with van der Waals surface area (Å²) in [6, 6.07) is 12.5. The lowest BCUT2D eigenvalue weighted by molar-refractivity contribution is 0.102. The van der Waals surface area contributed by atoms with E-state index in [4.69, 9.17) is 0 Å². The van der Waals surface area contributed by atoms with Crippen LogP contribution in [-0.4, -0.2) is 21.7 Å². The highest BCUT2D eigenvalue weighted by atomic mass is 16.1. The molecule has 2 aromatic carbocycles. The molecule has 2 heterocycles. The highest BCUT2D eigenvalue weighted by Crippen LogP contribution is 2.29. The van der Waals surface area contributed by atoms with Gasteiger partial charge in [0.05, 0.1) is 17.6 Å². The van der Waals surface area contributed by atoms with Gasteiger partial charge >= 0.3 is 0 Å². The van der Waals surface area contributed by atoms with E-state index < -0.39 is 0 Å². The number of aryl methyl sites for hydroxylation is 2. The Morgan fingerprint density at radius 1 is 1.11 bits per heavy atom. The zero-order valence-electron chi connectivity index (χ0n) is 23.2. The summed E-state index contributed by atoms with van der Waals surface area (Å²) in [5, 5.41) is 12.8. The zero-order chi connectivity index (χ0) is 26.9. The molecule has 1 aliphatic heterocycles. The molecule has 8 heteroatoms. The molecule has 0 fully saturated rings. The average molecular weight is 502 g/mol. The van der Waals surface area contributed by atoms with Crippen molar-refractivity contribution in [3.63, 3.8) is 0 Å². The summed E-state index contributed by atoms with van der Waals surface area (Å²) in [6.45, 7) is 15.5. The summed E-state index contributed by atoms with van der Waals surface area (Å²) >= 11 is 0. The van der Waals surface area contributed by atoms with Crippen LogP contribution in [0.15, 0.2) is 48.8 Å². The van der Waals surface area contributed by atoms with Gasteiger partial charge in [-0.05, 0) is 60.2 Å². The molecule has 4 N–H and O–H groups in total. The monoisotopic (exact) mass is 501 g/mol. The molecule has 196 valence electrons. The highest BCUT2D eigenvalue weighted by molar-refractivity contribution is 6.04. The van der Waals surface area contributed by atoms with Crippen molar-refractivity contribution in [1.29, 1.82) is 0 Å². The maximum absolute atomic E-state index is 13.4. The molecule has 3 aromatic rings. The first-order valence-electron chi connectivity index (χ1n) is 12.7. The van der Waals surface area contributed by atoms with Gasteiger partial charge in [0.1, 0.15) is 0 Å². The second-order valence-electron chi connectivity index (χ2n) is 11.1. The Kier molecular flexibility index (Phi) is 7.43. The fraction of sp³-hybridized carbons (Fsp3) is 0.379. The topological polar surface area (TPSA) is 86.2 Å². The summed E-state index contributed by atoms with van der Waals surface area (Å²) in [7, 11) is 1.93. The number of aromatic nitrogens is 2. The first kappa shape index (κ1) is 26.4. The van der Waals surface area contributed by atoms with Crippen LogP contribution in [-0.2, 0) is 19.0 Å². The van der Waals surface area contributed by atoms with Crippen LogP contribution in [0.2, 0.25) is 0 Å². The zero-order valence-corrected chi connectivity index (χ0v) is 23.2. The molecule has 0 spiro atoms. The van der Waals surface area contributed by atoms with Gasteiger partial charge < -0.3 is 16.1 Å². The van der Waals surface area contributed by atoms with Gasteiger partial charge in [-0.1, -0.05) is 46.8 Å². The first-order chi connectivity index (χ1) is 17.4. The maximum Gasteiger partial charge on any atom is 0.255 e. The molecule has 0 aliphatic carbocycles. The lowest BCUT2D eigenvalue weighted by Gasteiger charge is -2.22. The van der Waals surface area contributed by atoms with Gasteiger partial charge in [0.25, 0.3) is 5.91 Å². The van der Waals surface area contributed by atoms with Crippen molar-refractivity contribution in [3.8, 4) is 0 Å². The Labute approximate surface area is 220 Å². The molecule has 0 radical (unpaired) electrons. The van der Waals surface area contributed by atoms with E-state index in [-0.39, 0.29) is 11.3 Å². The fourth-order valence-electron chi connectivity index (χ4n) is 4.17. The van der Waals surface area contributed by atoms with Gasteiger partial charge in [0, 0.05) is 48.3 Å². The minimum Gasteiger partial charge on any atom is -0.322 e. The second kappa shape index (κ2) is 10.4. The normalized spacial score (nSPS) is 13.6. The molecule has 0 saturated carbocycles. The largest absolute Gasteiger partial charge is 0.322 e.